The summed E-state index contributed by atoms with van der Waals surface area (Å²) in [4.78, 5) is 35.7. The van der Waals surface area contributed by atoms with Gasteiger partial charge in [0.25, 0.3) is 0 Å². The van der Waals surface area contributed by atoms with E-state index >= 15 is 0 Å². The number of benzene rings is 1. The van der Waals surface area contributed by atoms with Crippen molar-refractivity contribution in [3.63, 3.8) is 0 Å². The first-order valence-corrected chi connectivity index (χ1v) is 8.51. The van der Waals surface area contributed by atoms with Crippen LogP contribution in [0.1, 0.15) is 11.6 Å². The number of imidazole rings is 1. The lowest BCUT2D eigenvalue weighted by atomic mass is 10.1. The van der Waals surface area contributed by atoms with E-state index in [-0.39, 0.29) is 11.7 Å². The monoisotopic (exact) mass is 356 g/mol. The Morgan fingerprint density at radius 3 is 2.76 bits per heavy atom. The Balaban J connectivity index is 1.64. The first-order chi connectivity index (χ1) is 12.2. The average molecular weight is 356 g/mol. The fourth-order valence-electron chi connectivity index (χ4n) is 2.27. The van der Waals surface area contributed by atoms with Gasteiger partial charge in [-0.05, 0) is 17.7 Å². The molecule has 25 heavy (non-hydrogen) atoms. The molecule has 0 bridgehead atoms. The third kappa shape index (κ3) is 4.16. The Bertz CT molecular complexity index is 849. The normalized spacial score (nSPS) is 11.9. The molecule has 0 aliphatic rings. The van der Waals surface area contributed by atoms with Gasteiger partial charge in [-0.3, -0.25) is 4.79 Å². The van der Waals surface area contributed by atoms with Gasteiger partial charge in [-0.15, -0.1) is 0 Å². The summed E-state index contributed by atoms with van der Waals surface area (Å²) < 4.78 is 4.78. The second-order valence-electron chi connectivity index (χ2n) is 5.14. The number of nitrogens with zero attached hydrogens (tertiary/aromatic N) is 2. The Morgan fingerprint density at radius 2 is 2.04 bits per heavy atom. The minimum absolute atomic E-state index is 0.111. The maximum Gasteiger partial charge on any atom is 0.333 e. The van der Waals surface area contributed by atoms with Gasteiger partial charge in [-0.1, -0.05) is 42.1 Å². The summed E-state index contributed by atoms with van der Waals surface area (Å²) in [7, 11) is 1.29. The van der Waals surface area contributed by atoms with Crippen molar-refractivity contribution in [2.24, 2.45) is 0 Å². The molecular weight excluding hydrogens is 340 g/mol. The number of ether oxygens (including phenoxy) is 1. The van der Waals surface area contributed by atoms with Gasteiger partial charge in [-0.2, -0.15) is 0 Å². The SMILES string of the molecule is COC(=O)C(NC(=O)CSc1nc2ncccc2[nH]1)c1ccccc1. The zero-order chi connectivity index (χ0) is 17.6. The number of carbonyl (C=O) groups excluding carboxylic acids is 2. The fourth-order valence-corrected chi connectivity index (χ4v) is 2.95. The predicted octanol–water partition coefficient (Wildman–Crippen LogP) is 2.08. The van der Waals surface area contributed by atoms with Crippen LogP contribution >= 0.6 is 11.8 Å². The van der Waals surface area contributed by atoms with Crippen molar-refractivity contribution in [1.82, 2.24) is 20.3 Å². The van der Waals surface area contributed by atoms with Crippen molar-refractivity contribution in [2.75, 3.05) is 12.9 Å². The van der Waals surface area contributed by atoms with Crippen LogP contribution in [0.4, 0.5) is 0 Å². The van der Waals surface area contributed by atoms with Gasteiger partial charge in [0, 0.05) is 6.20 Å². The lowest BCUT2D eigenvalue weighted by molar-refractivity contribution is -0.145. The van der Waals surface area contributed by atoms with E-state index in [1.807, 2.05) is 18.2 Å². The molecule has 0 aliphatic heterocycles. The van der Waals surface area contributed by atoms with Gasteiger partial charge in [0.1, 0.15) is 0 Å². The summed E-state index contributed by atoms with van der Waals surface area (Å²) in [6.45, 7) is 0. The lowest BCUT2D eigenvalue weighted by Crippen LogP contribution is -2.35. The highest BCUT2D eigenvalue weighted by molar-refractivity contribution is 7.99. The number of pyridine rings is 1. The molecule has 8 heteroatoms. The summed E-state index contributed by atoms with van der Waals surface area (Å²) >= 11 is 1.24. The number of rotatable bonds is 6. The Morgan fingerprint density at radius 1 is 1.24 bits per heavy atom. The molecule has 0 saturated carbocycles. The Hall–Kier alpha value is -2.87. The predicted molar refractivity (Wildman–Crippen MR) is 94.0 cm³/mol. The maximum atomic E-state index is 12.2. The molecular formula is C17H16N4O3S. The number of aromatic amines is 1. The van der Waals surface area contributed by atoms with E-state index in [1.165, 1.54) is 18.9 Å². The molecule has 1 unspecified atom stereocenters. The lowest BCUT2D eigenvalue weighted by Gasteiger charge is -2.16. The number of nitrogens with one attached hydrogen (secondary N) is 2. The average Bonchev–Trinajstić information content (AvgIpc) is 3.07. The molecule has 1 atom stereocenters. The van der Waals surface area contributed by atoms with E-state index in [4.69, 9.17) is 4.74 Å². The highest BCUT2D eigenvalue weighted by atomic mass is 32.2. The molecule has 2 N–H and O–H groups in total. The van der Waals surface area contributed by atoms with Crippen LogP contribution < -0.4 is 5.32 Å². The minimum atomic E-state index is -0.836. The van der Waals surface area contributed by atoms with E-state index in [9.17, 15) is 9.59 Å². The van der Waals surface area contributed by atoms with Gasteiger partial charge in [0.15, 0.2) is 16.8 Å². The van der Waals surface area contributed by atoms with Crippen molar-refractivity contribution in [3.05, 3.63) is 54.2 Å². The summed E-state index contributed by atoms with van der Waals surface area (Å²) in [5.41, 5.74) is 2.07. The molecule has 3 rings (SSSR count). The van der Waals surface area contributed by atoms with Crippen LogP contribution in [0, 0.1) is 0 Å². The highest BCUT2D eigenvalue weighted by Gasteiger charge is 2.23. The molecule has 2 heterocycles. The third-order valence-corrected chi connectivity index (χ3v) is 4.32. The molecule has 0 saturated heterocycles. The standard InChI is InChI=1S/C17H16N4O3S/c1-24-16(23)14(11-6-3-2-4-7-11)20-13(22)10-25-17-19-12-8-5-9-18-15(12)21-17/h2-9,14H,10H2,1H3,(H,20,22)(H,18,19,21). The largest absolute Gasteiger partial charge is 0.467 e. The molecule has 128 valence electrons. The number of aromatic nitrogens is 3. The van der Waals surface area contributed by atoms with E-state index in [0.29, 0.717) is 16.4 Å². The Labute approximate surface area is 148 Å². The number of hydrogen-bond acceptors (Lipinski definition) is 6. The topological polar surface area (TPSA) is 97.0 Å². The summed E-state index contributed by atoms with van der Waals surface area (Å²) in [5, 5.41) is 3.29. The van der Waals surface area contributed by atoms with Crippen LogP contribution in [-0.2, 0) is 14.3 Å². The second-order valence-corrected chi connectivity index (χ2v) is 6.10. The molecule has 0 radical (unpaired) electrons. The molecule has 0 aliphatic carbocycles. The van der Waals surface area contributed by atoms with Gasteiger partial charge in [0.05, 0.1) is 18.4 Å². The number of amides is 1. The fraction of sp³-hybridized carbons (Fsp3) is 0.176. The molecule has 0 spiro atoms. The molecule has 0 fully saturated rings. The highest BCUT2D eigenvalue weighted by Crippen LogP contribution is 2.19. The quantitative estimate of drug-likeness (QED) is 0.518. The van der Waals surface area contributed by atoms with Crippen LogP contribution in [-0.4, -0.2) is 39.7 Å². The van der Waals surface area contributed by atoms with E-state index in [1.54, 1.807) is 30.5 Å². The number of hydrogen-bond donors (Lipinski definition) is 2. The molecule has 3 aromatic rings. The van der Waals surface area contributed by atoms with Crippen molar-refractivity contribution in [3.8, 4) is 0 Å². The molecule has 7 nitrogen and oxygen atoms in total. The minimum Gasteiger partial charge on any atom is -0.467 e. The number of fused-ring (bicyclic) bond motifs is 1. The third-order valence-electron chi connectivity index (χ3n) is 3.45. The van der Waals surface area contributed by atoms with Gasteiger partial charge >= 0.3 is 5.97 Å². The van der Waals surface area contributed by atoms with E-state index < -0.39 is 12.0 Å². The van der Waals surface area contributed by atoms with Crippen LogP contribution in [0.15, 0.2) is 53.8 Å². The van der Waals surface area contributed by atoms with E-state index in [2.05, 4.69) is 20.3 Å². The van der Waals surface area contributed by atoms with Crippen LogP contribution in [0.5, 0.6) is 0 Å². The number of thioether (sulfide) groups is 1. The van der Waals surface area contributed by atoms with Crippen LogP contribution in [0.3, 0.4) is 0 Å². The smallest absolute Gasteiger partial charge is 0.333 e. The van der Waals surface area contributed by atoms with Crippen molar-refractivity contribution >= 4 is 34.8 Å². The first kappa shape index (κ1) is 17.0. The summed E-state index contributed by atoms with van der Waals surface area (Å²) in [6.07, 6.45) is 1.66. The maximum absolute atomic E-state index is 12.2. The number of carbonyl (C=O) groups is 2. The second kappa shape index (κ2) is 7.80. The van der Waals surface area contributed by atoms with Crippen molar-refractivity contribution in [2.45, 2.75) is 11.2 Å². The number of methoxy groups -OCH3 is 1. The van der Waals surface area contributed by atoms with Crippen molar-refractivity contribution in [1.29, 1.82) is 0 Å². The molecule has 1 aromatic carbocycles. The number of H-pyrrole nitrogens is 1. The van der Waals surface area contributed by atoms with Crippen LogP contribution in [0.25, 0.3) is 11.2 Å². The molecule has 2 aromatic heterocycles. The number of esters is 1. The zero-order valence-corrected chi connectivity index (χ0v) is 14.2. The van der Waals surface area contributed by atoms with Crippen LogP contribution in [0.2, 0.25) is 0 Å². The zero-order valence-electron chi connectivity index (χ0n) is 13.4. The molecule has 1 amide bonds. The van der Waals surface area contributed by atoms with Gasteiger partial charge in [0.2, 0.25) is 5.91 Å². The van der Waals surface area contributed by atoms with Gasteiger partial charge < -0.3 is 15.0 Å². The van der Waals surface area contributed by atoms with E-state index in [0.717, 1.165) is 5.52 Å². The first-order valence-electron chi connectivity index (χ1n) is 7.53. The van der Waals surface area contributed by atoms with Crippen molar-refractivity contribution < 1.29 is 14.3 Å². The summed E-state index contributed by atoms with van der Waals surface area (Å²) in [5.74, 6) is -0.699. The van der Waals surface area contributed by atoms with Gasteiger partial charge in [-0.25, -0.2) is 14.8 Å². The summed E-state index contributed by atoms with van der Waals surface area (Å²) in [6, 6.07) is 11.8. The Kier molecular flexibility index (Phi) is 5.30.